The Morgan fingerprint density at radius 2 is 1.17 bits per heavy atom. The van der Waals surface area contributed by atoms with Gasteiger partial charge in [0.25, 0.3) is 0 Å². The van der Waals surface area contributed by atoms with Crippen LogP contribution < -0.4 is 0 Å². The Kier molecular flexibility index (Phi) is 16.1. The smallest absolute Gasteiger partial charge is 0.417 e. The molecule has 0 aromatic carbocycles. The molecule has 4 nitrogen and oxygen atoms in total. The van der Waals surface area contributed by atoms with Crippen LogP contribution in [-0.4, -0.2) is 25.2 Å². The molecule has 0 aromatic rings. The minimum atomic E-state index is -0.941. The highest BCUT2D eigenvalue weighted by atomic mass is 16.6. The largest absolute Gasteiger partial charge is 0.457 e. The molecule has 0 radical (unpaired) electrons. The van der Waals surface area contributed by atoms with Crippen LogP contribution >= 0.6 is 0 Å². The third-order valence-corrected chi connectivity index (χ3v) is 3.73. The van der Waals surface area contributed by atoms with Gasteiger partial charge in [-0.1, -0.05) is 90.2 Å². The van der Waals surface area contributed by atoms with Gasteiger partial charge >= 0.3 is 11.9 Å². The van der Waals surface area contributed by atoms with Crippen LogP contribution in [0.15, 0.2) is 12.7 Å². The molecule has 0 aromatic heterocycles. The van der Waals surface area contributed by atoms with Gasteiger partial charge in [0.2, 0.25) is 0 Å². The van der Waals surface area contributed by atoms with E-state index in [1.165, 1.54) is 63.9 Å². The van der Waals surface area contributed by atoms with E-state index in [0.29, 0.717) is 6.61 Å². The second-order valence-electron chi connectivity index (χ2n) is 5.91. The minimum Gasteiger partial charge on any atom is -0.457 e. The first-order valence-corrected chi connectivity index (χ1v) is 9.17. The summed E-state index contributed by atoms with van der Waals surface area (Å²) in [7, 11) is 0. The lowest BCUT2D eigenvalue weighted by molar-refractivity contribution is -0.167. The zero-order valence-corrected chi connectivity index (χ0v) is 14.8. The summed E-state index contributed by atoms with van der Waals surface area (Å²) in [5.41, 5.74) is 0. The molecule has 0 N–H and O–H groups in total. The number of hydrogen-bond acceptors (Lipinski definition) is 4. The Morgan fingerprint density at radius 3 is 1.65 bits per heavy atom. The average Bonchev–Trinajstić information content (AvgIpc) is 2.56. The normalized spacial score (nSPS) is 10.3. The van der Waals surface area contributed by atoms with Gasteiger partial charge < -0.3 is 9.47 Å². The lowest BCUT2D eigenvalue weighted by atomic mass is 10.1. The maximum atomic E-state index is 11.2. The predicted octanol–water partition coefficient (Wildman–Crippen LogP) is 4.96. The molecule has 0 spiro atoms. The Labute approximate surface area is 141 Å². The standard InChI is InChI=1S/C19H34O4/c1-3-5-6-7-8-9-10-11-12-13-14-15-17-23-19(21)18(20)22-16-4-2/h4H,2-3,5-17H2,1H3. The van der Waals surface area contributed by atoms with Gasteiger partial charge in [0, 0.05) is 0 Å². The molecule has 0 rings (SSSR count). The molecule has 0 saturated heterocycles. The summed E-state index contributed by atoms with van der Waals surface area (Å²) in [6.45, 7) is 5.97. The van der Waals surface area contributed by atoms with Crippen molar-refractivity contribution in [2.24, 2.45) is 0 Å². The summed E-state index contributed by atoms with van der Waals surface area (Å²) in [5, 5.41) is 0. The molecular formula is C19H34O4. The fourth-order valence-electron chi connectivity index (χ4n) is 2.36. The van der Waals surface area contributed by atoms with E-state index >= 15 is 0 Å². The van der Waals surface area contributed by atoms with E-state index in [1.807, 2.05) is 0 Å². The van der Waals surface area contributed by atoms with E-state index in [0.717, 1.165) is 19.3 Å². The van der Waals surface area contributed by atoms with Crippen LogP contribution in [0.4, 0.5) is 0 Å². The minimum absolute atomic E-state index is 0.0343. The van der Waals surface area contributed by atoms with Crippen LogP contribution in [0.25, 0.3) is 0 Å². The highest BCUT2D eigenvalue weighted by molar-refractivity contribution is 6.29. The van der Waals surface area contributed by atoms with Crippen LogP contribution in [0.5, 0.6) is 0 Å². The Hall–Kier alpha value is -1.32. The number of carbonyl (C=O) groups is 2. The van der Waals surface area contributed by atoms with Crippen molar-refractivity contribution in [3.8, 4) is 0 Å². The molecule has 0 saturated carbocycles. The number of rotatable bonds is 15. The van der Waals surface area contributed by atoms with Crippen molar-refractivity contribution in [3.63, 3.8) is 0 Å². The van der Waals surface area contributed by atoms with Gasteiger partial charge in [-0.05, 0) is 6.42 Å². The molecule has 0 amide bonds. The second-order valence-corrected chi connectivity index (χ2v) is 5.91. The topological polar surface area (TPSA) is 52.6 Å². The van der Waals surface area contributed by atoms with Crippen molar-refractivity contribution >= 4 is 11.9 Å². The summed E-state index contributed by atoms with van der Waals surface area (Å²) in [6.07, 6.45) is 16.5. The third kappa shape index (κ3) is 15.4. The van der Waals surface area contributed by atoms with Crippen molar-refractivity contribution in [2.75, 3.05) is 13.2 Å². The number of esters is 2. The molecular weight excluding hydrogens is 292 g/mol. The summed E-state index contributed by atoms with van der Waals surface area (Å²) in [6, 6.07) is 0. The van der Waals surface area contributed by atoms with Crippen molar-refractivity contribution in [2.45, 2.75) is 84.0 Å². The van der Waals surface area contributed by atoms with Crippen LogP contribution in [0.3, 0.4) is 0 Å². The molecule has 0 fully saturated rings. The Morgan fingerprint density at radius 1 is 0.739 bits per heavy atom. The van der Waals surface area contributed by atoms with Gasteiger partial charge in [-0.2, -0.15) is 0 Å². The molecule has 0 aliphatic rings. The molecule has 0 atom stereocenters. The molecule has 0 aliphatic heterocycles. The fourth-order valence-corrected chi connectivity index (χ4v) is 2.36. The maximum absolute atomic E-state index is 11.2. The van der Waals surface area contributed by atoms with Crippen molar-refractivity contribution < 1.29 is 19.1 Å². The zero-order chi connectivity index (χ0) is 17.2. The number of carbonyl (C=O) groups excluding carboxylic acids is 2. The highest BCUT2D eigenvalue weighted by Crippen LogP contribution is 2.11. The first-order chi connectivity index (χ1) is 11.2. The molecule has 0 aliphatic carbocycles. The predicted molar refractivity (Wildman–Crippen MR) is 93.2 cm³/mol. The van der Waals surface area contributed by atoms with Crippen LogP contribution in [0, 0.1) is 0 Å². The van der Waals surface area contributed by atoms with Crippen molar-refractivity contribution in [1.82, 2.24) is 0 Å². The second kappa shape index (κ2) is 17.0. The van der Waals surface area contributed by atoms with E-state index in [9.17, 15) is 9.59 Å². The summed E-state index contributed by atoms with van der Waals surface area (Å²) >= 11 is 0. The monoisotopic (exact) mass is 326 g/mol. The van der Waals surface area contributed by atoms with Crippen molar-refractivity contribution in [1.29, 1.82) is 0 Å². The zero-order valence-electron chi connectivity index (χ0n) is 14.8. The van der Waals surface area contributed by atoms with Crippen LogP contribution in [-0.2, 0) is 19.1 Å². The third-order valence-electron chi connectivity index (χ3n) is 3.73. The first kappa shape index (κ1) is 21.7. The van der Waals surface area contributed by atoms with E-state index in [4.69, 9.17) is 4.74 Å². The Bertz CT molecular complexity index is 312. The molecule has 0 unspecified atom stereocenters. The van der Waals surface area contributed by atoms with Crippen LogP contribution in [0.1, 0.15) is 84.0 Å². The quantitative estimate of drug-likeness (QED) is 0.185. The number of ether oxygens (including phenoxy) is 2. The van der Waals surface area contributed by atoms with Gasteiger partial charge in [-0.25, -0.2) is 9.59 Å². The highest BCUT2D eigenvalue weighted by Gasteiger charge is 2.15. The van der Waals surface area contributed by atoms with Crippen molar-refractivity contribution in [3.05, 3.63) is 12.7 Å². The molecule has 0 heterocycles. The summed E-state index contributed by atoms with van der Waals surface area (Å²) < 4.78 is 9.43. The molecule has 4 heteroatoms. The summed E-state index contributed by atoms with van der Waals surface area (Å²) in [4.78, 5) is 22.3. The van der Waals surface area contributed by atoms with Gasteiger partial charge in [0.1, 0.15) is 6.61 Å². The molecule has 23 heavy (non-hydrogen) atoms. The van der Waals surface area contributed by atoms with E-state index < -0.39 is 11.9 Å². The average molecular weight is 326 g/mol. The molecule has 134 valence electrons. The lowest BCUT2D eigenvalue weighted by Gasteiger charge is -2.05. The number of unbranched alkanes of at least 4 members (excludes halogenated alkanes) is 11. The van der Waals surface area contributed by atoms with Crippen LogP contribution in [0.2, 0.25) is 0 Å². The Balaban J connectivity index is 3.22. The van der Waals surface area contributed by atoms with Gasteiger partial charge in [-0.15, -0.1) is 0 Å². The van der Waals surface area contributed by atoms with E-state index in [-0.39, 0.29) is 6.61 Å². The maximum Gasteiger partial charge on any atom is 0.417 e. The van der Waals surface area contributed by atoms with Gasteiger partial charge in [-0.3, -0.25) is 0 Å². The van der Waals surface area contributed by atoms with E-state index in [2.05, 4.69) is 18.2 Å². The van der Waals surface area contributed by atoms with Gasteiger partial charge in [0.15, 0.2) is 0 Å². The SMILES string of the molecule is C=CCOC(=O)C(=O)OCCCCCCCCCCCCCC. The lowest BCUT2D eigenvalue weighted by Crippen LogP contribution is -2.20. The number of hydrogen-bond donors (Lipinski definition) is 0. The first-order valence-electron chi connectivity index (χ1n) is 9.17. The summed E-state index contributed by atoms with van der Waals surface area (Å²) in [5.74, 6) is -1.85. The fraction of sp³-hybridized carbons (Fsp3) is 0.789. The molecule has 0 bridgehead atoms. The van der Waals surface area contributed by atoms with E-state index in [1.54, 1.807) is 0 Å². The van der Waals surface area contributed by atoms with Gasteiger partial charge in [0.05, 0.1) is 6.61 Å².